The van der Waals surface area contributed by atoms with Crippen molar-refractivity contribution in [2.45, 2.75) is 25.2 Å². The van der Waals surface area contributed by atoms with Crippen LogP contribution in [0.1, 0.15) is 29.4 Å². The molecule has 2 rings (SSSR count). The third kappa shape index (κ3) is 4.10. The number of benzene rings is 1. The van der Waals surface area contributed by atoms with Gasteiger partial charge in [0.25, 0.3) is 10.0 Å². The molecule has 0 fully saturated rings. The number of ether oxygens (including phenoxy) is 1. The molecule has 0 aliphatic heterocycles. The number of aryl methyl sites for hydroxylation is 2. The van der Waals surface area contributed by atoms with E-state index in [0.29, 0.717) is 23.7 Å². The van der Waals surface area contributed by atoms with E-state index in [2.05, 4.69) is 9.82 Å². The van der Waals surface area contributed by atoms with Gasteiger partial charge < -0.3 is 4.74 Å². The molecule has 0 saturated heterocycles. The Labute approximate surface area is 135 Å². The van der Waals surface area contributed by atoms with Crippen LogP contribution in [-0.4, -0.2) is 30.8 Å². The molecule has 0 saturated carbocycles. The normalized spacial score (nSPS) is 11.3. The van der Waals surface area contributed by atoms with E-state index in [1.807, 2.05) is 6.92 Å². The minimum absolute atomic E-state index is 0.0587. The summed E-state index contributed by atoms with van der Waals surface area (Å²) in [5.41, 5.74) is 1.02. The van der Waals surface area contributed by atoms with Crippen LogP contribution in [-0.2, 0) is 21.8 Å². The zero-order valence-electron chi connectivity index (χ0n) is 13.2. The number of nitrogens with one attached hydrogen (secondary N) is 1. The van der Waals surface area contributed by atoms with Gasteiger partial charge in [-0.2, -0.15) is 5.10 Å². The first kappa shape index (κ1) is 17.0. The van der Waals surface area contributed by atoms with Crippen molar-refractivity contribution in [1.29, 1.82) is 0 Å². The highest BCUT2D eigenvalue weighted by Gasteiger charge is 2.17. The van der Waals surface area contributed by atoms with Crippen molar-refractivity contribution in [2.24, 2.45) is 7.05 Å². The number of carbonyl (C=O) groups excluding carboxylic acids is 1. The van der Waals surface area contributed by atoms with E-state index in [1.165, 1.54) is 28.9 Å². The molecule has 0 amide bonds. The Morgan fingerprint density at radius 1 is 1.30 bits per heavy atom. The van der Waals surface area contributed by atoms with Crippen molar-refractivity contribution in [3.8, 4) is 0 Å². The molecular formula is C15H19N3O4S. The minimum atomic E-state index is -3.74. The molecular weight excluding hydrogens is 318 g/mol. The summed E-state index contributed by atoms with van der Waals surface area (Å²) < 4.78 is 33.6. The Morgan fingerprint density at radius 3 is 2.48 bits per heavy atom. The van der Waals surface area contributed by atoms with Gasteiger partial charge in [-0.25, -0.2) is 13.2 Å². The highest BCUT2D eigenvalue weighted by Crippen LogP contribution is 2.17. The molecule has 0 unspecified atom stereocenters. The second kappa shape index (κ2) is 6.82. The third-order valence-corrected chi connectivity index (χ3v) is 4.45. The maximum atomic E-state index is 12.3. The summed E-state index contributed by atoms with van der Waals surface area (Å²) in [6, 6.07) is 7.23. The van der Waals surface area contributed by atoms with Crippen LogP contribution in [0.15, 0.2) is 35.2 Å². The average Bonchev–Trinajstić information content (AvgIpc) is 2.82. The first-order chi connectivity index (χ1) is 10.8. The summed E-state index contributed by atoms with van der Waals surface area (Å²) in [5.74, 6) is -0.0973. The maximum Gasteiger partial charge on any atom is 0.338 e. The number of rotatable bonds is 6. The van der Waals surface area contributed by atoms with Gasteiger partial charge in [0.2, 0.25) is 0 Å². The molecule has 23 heavy (non-hydrogen) atoms. The smallest absolute Gasteiger partial charge is 0.338 e. The second-order valence-corrected chi connectivity index (χ2v) is 6.74. The number of carbonyl (C=O) groups is 1. The Bertz CT molecular complexity index is 795. The average molecular weight is 337 g/mol. The van der Waals surface area contributed by atoms with Gasteiger partial charge in [0.05, 0.1) is 22.8 Å². The molecule has 0 aliphatic rings. The van der Waals surface area contributed by atoms with E-state index in [0.717, 1.165) is 6.42 Å². The number of hydrogen-bond donors (Lipinski definition) is 1. The highest BCUT2D eigenvalue weighted by atomic mass is 32.2. The van der Waals surface area contributed by atoms with Crippen molar-refractivity contribution in [3.05, 3.63) is 41.6 Å². The lowest BCUT2D eigenvalue weighted by molar-refractivity contribution is 0.0505. The molecule has 1 heterocycles. The lowest BCUT2D eigenvalue weighted by atomic mass is 10.2. The quantitative estimate of drug-likeness (QED) is 0.815. The SMILES string of the molecule is CCCOC(=O)c1ccc(S(=O)(=O)Nc2cc(C)nn2C)cc1. The van der Waals surface area contributed by atoms with Gasteiger partial charge in [-0.3, -0.25) is 9.40 Å². The number of anilines is 1. The number of hydrogen-bond acceptors (Lipinski definition) is 5. The van der Waals surface area contributed by atoms with Crippen molar-refractivity contribution < 1.29 is 17.9 Å². The topological polar surface area (TPSA) is 90.3 Å². The van der Waals surface area contributed by atoms with Crippen LogP contribution in [0.5, 0.6) is 0 Å². The summed E-state index contributed by atoms with van der Waals surface area (Å²) in [7, 11) is -2.09. The summed E-state index contributed by atoms with van der Waals surface area (Å²) in [4.78, 5) is 11.8. The maximum absolute atomic E-state index is 12.3. The van der Waals surface area contributed by atoms with Gasteiger partial charge in [-0.05, 0) is 37.6 Å². The van der Waals surface area contributed by atoms with Gasteiger partial charge in [-0.1, -0.05) is 6.92 Å². The van der Waals surface area contributed by atoms with E-state index in [1.54, 1.807) is 20.0 Å². The Balaban J connectivity index is 2.17. The lowest BCUT2D eigenvalue weighted by Crippen LogP contribution is -2.15. The highest BCUT2D eigenvalue weighted by molar-refractivity contribution is 7.92. The fraction of sp³-hybridized carbons (Fsp3) is 0.333. The molecule has 0 aliphatic carbocycles. The fourth-order valence-corrected chi connectivity index (χ4v) is 3.03. The summed E-state index contributed by atoms with van der Waals surface area (Å²) in [6.45, 7) is 4.00. The molecule has 7 nitrogen and oxygen atoms in total. The number of aromatic nitrogens is 2. The predicted molar refractivity (Wildman–Crippen MR) is 85.8 cm³/mol. The van der Waals surface area contributed by atoms with Gasteiger partial charge in [-0.15, -0.1) is 0 Å². The Kier molecular flexibility index (Phi) is 5.05. The van der Waals surface area contributed by atoms with E-state index in [9.17, 15) is 13.2 Å². The van der Waals surface area contributed by atoms with Crippen LogP contribution in [0.2, 0.25) is 0 Å². The predicted octanol–water partition coefficient (Wildman–Crippen LogP) is 2.10. The molecule has 8 heteroatoms. The standard InChI is InChI=1S/C15H19N3O4S/c1-4-9-22-15(19)12-5-7-13(8-6-12)23(20,21)17-14-10-11(2)16-18(14)3/h5-8,10,17H,4,9H2,1-3H3. The van der Waals surface area contributed by atoms with Crippen LogP contribution in [0.4, 0.5) is 5.82 Å². The van der Waals surface area contributed by atoms with Gasteiger partial charge in [0, 0.05) is 13.1 Å². The zero-order chi connectivity index (χ0) is 17.0. The van der Waals surface area contributed by atoms with Gasteiger partial charge in [0.1, 0.15) is 5.82 Å². The molecule has 0 spiro atoms. The van der Waals surface area contributed by atoms with Crippen LogP contribution in [0, 0.1) is 6.92 Å². The number of nitrogens with zero attached hydrogens (tertiary/aromatic N) is 2. The van der Waals surface area contributed by atoms with Crippen LogP contribution in [0.25, 0.3) is 0 Å². The first-order valence-electron chi connectivity index (χ1n) is 7.14. The lowest BCUT2D eigenvalue weighted by Gasteiger charge is -2.08. The van der Waals surface area contributed by atoms with E-state index < -0.39 is 16.0 Å². The van der Waals surface area contributed by atoms with Crippen molar-refractivity contribution in [1.82, 2.24) is 9.78 Å². The number of esters is 1. The molecule has 1 N–H and O–H groups in total. The van der Waals surface area contributed by atoms with Crippen LogP contribution >= 0.6 is 0 Å². The molecule has 2 aromatic rings. The monoisotopic (exact) mass is 337 g/mol. The largest absolute Gasteiger partial charge is 0.462 e. The van der Waals surface area contributed by atoms with E-state index in [-0.39, 0.29) is 4.90 Å². The minimum Gasteiger partial charge on any atom is -0.462 e. The Hall–Kier alpha value is -2.35. The van der Waals surface area contributed by atoms with Crippen LogP contribution < -0.4 is 4.72 Å². The zero-order valence-corrected chi connectivity index (χ0v) is 14.1. The van der Waals surface area contributed by atoms with Crippen molar-refractivity contribution in [2.75, 3.05) is 11.3 Å². The van der Waals surface area contributed by atoms with Gasteiger partial charge >= 0.3 is 5.97 Å². The molecule has 0 atom stereocenters. The summed E-state index contributed by atoms with van der Waals surface area (Å²) >= 11 is 0. The summed E-state index contributed by atoms with van der Waals surface area (Å²) in [6.07, 6.45) is 0.728. The molecule has 124 valence electrons. The molecule has 1 aromatic carbocycles. The van der Waals surface area contributed by atoms with E-state index in [4.69, 9.17) is 4.74 Å². The second-order valence-electron chi connectivity index (χ2n) is 5.06. The fourth-order valence-electron chi connectivity index (χ4n) is 1.95. The molecule has 0 bridgehead atoms. The van der Waals surface area contributed by atoms with E-state index >= 15 is 0 Å². The summed E-state index contributed by atoms with van der Waals surface area (Å²) in [5, 5.41) is 4.08. The molecule has 0 radical (unpaired) electrons. The molecule has 1 aromatic heterocycles. The third-order valence-electron chi connectivity index (χ3n) is 3.08. The van der Waals surface area contributed by atoms with Crippen molar-refractivity contribution >= 4 is 21.8 Å². The first-order valence-corrected chi connectivity index (χ1v) is 8.62. The Morgan fingerprint density at radius 2 is 1.96 bits per heavy atom. The van der Waals surface area contributed by atoms with Gasteiger partial charge in [0.15, 0.2) is 0 Å². The van der Waals surface area contributed by atoms with Crippen molar-refractivity contribution in [3.63, 3.8) is 0 Å². The number of sulfonamides is 1. The van der Waals surface area contributed by atoms with Crippen LogP contribution in [0.3, 0.4) is 0 Å².